The molecule has 0 spiro atoms. The van der Waals surface area contributed by atoms with Gasteiger partial charge in [0.15, 0.2) is 5.78 Å². The average Bonchev–Trinajstić information content (AvgIpc) is 2.40. The molecule has 0 aliphatic rings. The summed E-state index contributed by atoms with van der Waals surface area (Å²) in [5.41, 5.74) is 4.03. The van der Waals surface area contributed by atoms with Crippen LogP contribution < -0.4 is 0 Å². The molecule has 2 rings (SSSR count). The SMILES string of the molecule is CC(=CC(=O)c1ccccc1)c1ccc(C)cc1. The molecule has 0 heterocycles. The topological polar surface area (TPSA) is 17.1 Å². The summed E-state index contributed by atoms with van der Waals surface area (Å²) in [5, 5.41) is 0. The van der Waals surface area contributed by atoms with Crippen LogP contribution in [0, 0.1) is 6.92 Å². The third kappa shape index (κ3) is 2.95. The molecule has 0 unspecified atom stereocenters. The van der Waals surface area contributed by atoms with Crippen molar-refractivity contribution in [1.29, 1.82) is 0 Å². The molecule has 0 saturated heterocycles. The van der Waals surface area contributed by atoms with Crippen molar-refractivity contribution in [3.05, 3.63) is 77.4 Å². The maximum atomic E-state index is 12.0. The van der Waals surface area contributed by atoms with E-state index >= 15 is 0 Å². The van der Waals surface area contributed by atoms with Crippen molar-refractivity contribution in [1.82, 2.24) is 0 Å². The summed E-state index contributed by atoms with van der Waals surface area (Å²) in [6.07, 6.45) is 1.69. The third-order valence-electron chi connectivity index (χ3n) is 2.91. The molecule has 2 aromatic rings. The van der Waals surface area contributed by atoms with Crippen molar-refractivity contribution in [2.75, 3.05) is 0 Å². The lowest BCUT2D eigenvalue weighted by Gasteiger charge is -2.02. The van der Waals surface area contributed by atoms with E-state index in [9.17, 15) is 4.79 Å². The maximum Gasteiger partial charge on any atom is 0.186 e. The van der Waals surface area contributed by atoms with Crippen molar-refractivity contribution >= 4 is 11.4 Å². The first-order chi connectivity index (χ1) is 8.66. The van der Waals surface area contributed by atoms with E-state index in [1.165, 1.54) is 5.56 Å². The summed E-state index contributed by atoms with van der Waals surface area (Å²) in [7, 11) is 0. The summed E-state index contributed by atoms with van der Waals surface area (Å²) in [5.74, 6) is 0.0497. The molecule has 0 aromatic heterocycles. The lowest BCUT2D eigenvalue weighted by molar-refractivity contribution is 0.104. The van der Waals surface area contributed by atoms with E-state index < -0.39 is 0 Å². The van der Waals surface area contributed by atoms with Crippen LogP contribution in [-0.4, -0.2) is 5.78 Å². The molecule has 0 amide bonds. The summed E-state index contributed by atoms with van der Waals surface area (Å²) in [4.78, 5) is 12.0. The van der Waals surface area contributed by atoms with Gasteiger partial charge < -0.3 is 0 Å². The van der Waals surface area contributed by atoms with Gasteiger partial charge in [-0.1, -0.05) is 60.2 Å². The number of carbonyl (C=O) groups excluding carboxylic acids is 1. The highest BCUT2D eigenvalue weighted by Gasteiger charge is 2.03. The van der Waals surface area contributed by atoms with Gasteiger partial charge in [-0.3, -0.25) is 4.79 Å². The van der Waals surface area contributed by atoms with Gasteiger partial charge in [-0.05, 0) is 31.1 Å². The highest BCUT2D eigenvalue weighted by molar-refractivity contribution is 6.08. The molecule has 0 N–H and O–H groups in total. The number of hydrogen-bond acceptors (Lipinski definition) is 1. The number of rotatable bonds is 3. The fraction of sp³-hybridized carbons (Fsp3) is 0.118. The van der Waals surface area contributed by atoms with Crippen LogP contribution in [0.4, 0.5) is 0 Å². The normalized spacial score (nSPS) is 11.3. The van der Waals surface area contributed by atoms with Crippen LogP contribution in [0.1, 0.15) is 28.4 Å². The lowest BCUT2D eigenvalue weighted by Crippen LogP contribution is -1.95. The number of benzene rings is 2. The zero-order valence-corrected chi connectivity index (χ0v) is 10.7. The Balaban J connectivity index is 2.23. The van der Waals surface area contributed by atoms with Gasteiger partial charge in [0.1, 0.15) is 0 Å². The molecule has 2 aromatic carbocycles. The van der Waals surface area contributed by atoms with Gasteiger partial charge in [0, 0.05) is 5.56 Å². The molecule has 1 nitrogen and oxygen atoms in total. The molecular weight excluding hydrogens is 220 g/mol. The highest BCUT2D eigenvalue weighted by atomic mass is 16.1. The standard InChI is InChI=1S/C17H16O/c1-13-8-10-15(11-9-13)14(2)12-17(18)16-6-4-3-5-7-16/h3-12H,1-2H3. The van der Waals surface area contributed by atoms with Crippen molar-refractivity contribution in [3.63, 3.8) is 0 Å². The molecular formula is C17H16O. The summed E-state index contributed by atoms with van der Waals surface area (Å²) < 4.78 is 0. The Morgan fingerprint density at radius 3 is 2.11 bits per heavy atom. The second kappa shape index (κ2) is 5.46. The van der Waals surface area contributed by atoms with Crippen LogP contribution in [0.2, 0.25) is 0 Å². The second-order valence-electron chi connectivity index (χ2n) is 4.42. The second-order valence-corrected chi connectivity index (χ2v) is 4.42. The lowest BCUT2D eigenvalue weighted by atomic mass is 10.0. The van der Waals surface area contributed by atoms with Crippen molar-refractivity contribution < 1.29 is 4.79 Å². The van der Waals surface area contributed by atoms with Crippen molar-refractivity contribution in [2.45, 2.75) is 13.8 Å². The van der Waals surface area contributed by atoms with Gasteiger partial charge in [-0.15, -0.1) is 0 Å². The Morgan fingerprint density at radius 1 is 0.889 bits per heavy atom. The number of ketones is 1. The van der Waals surface area contributed by atoms with Crippen LogP contribution in [0.5, 0.6) is 0 Å². The Bertz CT molecular complexity index is 562. The van der Waals surface area contributed by atoms with Gasteiger partial charge in [0.05, 0.1) is 0 Å². The average molecular weight is 236 g/mol. The first kappa shape index (κ1) is 12.3. The molecule has 0 aliphatic heterocycles. The van der Waals surface area contributed by atoms with E-state index in [2.05, 4.69) is 19.1 Å². The Labute approximate surface area is 108 Å². The maximum absolute atomic E-state index is 12.0. The predicted molar refractivity (Wildman–Crippen MR) is 75.6 cm³/mol. The smallest absolute Gasteiger partial charge is 0.186 e. The van der Waals surface area contributed by atoms with E-state index in [-0.39, 0.29) is 5.78 Å². The summed E-state index contributed by atoms with van der Waals surface area (Å²) in [6.45, 7) is 4.02. The molecule has 90 valence electrons. The first-order valence-corrected chi connectivity index (χ1v) is 6.01. The molecule has 0 atom stereocenters. The third-order valence-corrected chi connectivity index (χ3v) is 2.91. The highest BCUT2D eigenvalue weighted by Crippen LogP contribution is 2.15. The van der Waals surface area contributed by atoms with E-state index in [4.69, 9.17) is 0 Å². The molecule has 0 fully saturated rings. The van der Waals surface area contributed by atoms with Crippen LogP contribution in [-0.2, 0) is 0 Å². The van der Waals surface area contributed by atoms with Crippen LogP contribution in [0.3, 0.4) is 0 Å². The first-order valence-electron chi connectivity index (χ1n) is 6.01. The molecule has 0 bridgehead atoms. The van der Waals surface area contributed by atoms with E-state index in [1.54, 1.807) is 6.08 Å². The Morgan fingerprint density at radius 2 is 1.50 bits per heavy atom. The number of hydrogen-bond donors (Lipinski definition) is 0. The van der Waals surface area contributed by atoms with Gasteiger partial charge >= 0.3 is 0 Å². The quantitative estimate of drug-likeness (QED) is 0.574. The summed E-state index contributed by atoms with van der Waals surface area (Å²) in [6, 6.07) is 17.5. The van der Waals surface area contributed by atoms with Crippen molar-refractivity contribution in [3.8, 4) is 0 Å². The molecule has 0 radical (unpaired) electrons. The van der Waals surface area contributed by atoms with Gasteiger partial charge in [-0.25, -0.2) is 0 Å². The van der Waals surface area contributed by atoms with Crippen LogP contribution >= 0.6 is 0 Å². The van der Waals surface area contributed by atoms with E-state index in [0.29, 0.717) is 0 Å². The molecule has 1 heteroatoms. The van der Waals surface area contributed by atoms with E-state index in [0.717, 1.165) is 16.7 Å². The van der Waals surface area contributed by atoms with E-state index in [1.807, 2.05) is 49.4 Å². The Hall–Kier alpha value is -2.15. The van der Waals surface area contributed by atoms with Crippen LogP contribution in [0.25, 0.3) is 5.57 Å². The van der Waals surface area contributed by atoms with Gasteiger partial charge in [0.25, 0.3) is 0 Å². The number of aryl methyl sites for hydroxylation is 1. The minimum atomic E-state index is 0.0497. The van der Waals surface area contributed by atoms with Crippen molar-refractivity contribution in [2.24, 2.45) is 0 Å². The zero-order chi connectivity index (χ0) is 13.0. The minimum Gasteiger partial charge on any atom is -0.289 e. The monoisotopic (exact) mass is 236 g/mol. The van der Waals surface area contributed by atoms with Crippen LogP contribution in [0.15, 0.2) is 60.7 Å². The fourth-order valence-electron chi connectivity index (χ4n) is 1.78. The minimum absolute atomic E-state index is 0.0497. The Kier molecular flexibility index (Phi) is 3.73. The molecule has 0 aliphatic carbocycles. The fourth-order valence-corrected chi connectivity index (χ4v) is 1.78. The summed E-state index contributed by atoms with van der Waals surface area (Å²) >= 11 is 0. The van der Waals surface area contributed by atoms with Gasteiger partial charge in [0.2, 0.25) is 0 Å². The zero-order valence-electron chi connectivity index (χ0n) is 10.7. The number of allylic oxidation sites excluding steroid dienone is 2. The van der Waals surface area contributed by atoms with Gasteiger partial charge in [-0.2, -0.15) is 0 Å². The molecule has 18 heavy (non-hydrogen) atoms. The molecule has 0 saturated carbocycles. The predicted octanol–water partition coefficient (Wildman–Crippen LogP) is 4.28. The largest absolute Gasteiger partial charge is 0.289 e. The number of carbonyl (C=O) groups is 1.